The Hall–Kier alpha value is -1.39. The lowest BCUT2D eigenvalue weighted by Gasteiger charge is -2.29. The first kappa shape index (κ1) is 14.6. The third kappa shape index (κ3) is 4.42. The van der Waals surface area contributed by atoms with Crippen LogP contribution in [-0.4, -0.2) is 35.5 Å². The number of carbonyl (C=O) groups excluding carboxylic acids is 2. The average Bonchev–Trinajstić information content (AvgIpc) is 2.12. The summed E-state index contributed by atoms with van der Waals surface area (Å²) in [6.45, 7) is 9.52. The van der Waals surface area contributed by atoms with Crippen molar-refractivity contribution in [2.24, 2.45) is 0 Å². The summed E-state index contributed by atoms with van der Waals surface area (Å²) in [5.41, 5.74) is 0. The first-order valence-corrected chi connectivity index (χ1v) is 5.10. The molecule has 92 valence electrons. The van der Waals surface area contributed by atoms with Crippen LogP contribution in [0.4, 0.5) is 4.39 Å². The fraction of sp³-hybridized carbons (Fsp3) is 0.636. The molecule has 0 heterocycles. The minimum Gasteiger partial charge on any atom is -0.451 e. The second kappa shape index (κ2) is 6.25. The molecule has 16 heavy (non-hydrogen) atoms. The van der Waals surface area contributed by atoms with Crippen LogP contribution in [0, 0.1) is 0 Å². The highest BCUT2D eigenvalue weighted by atomic mass is 19.1. The second-order valence-corrected chi connectivity index (χ2v) is 3.99. The highest BCUT2D eigenvalue weighted by Gasteiger charge is 2.27. The number of amides is 1. The monoisotopic (exact) mass is 231 g/mol. The Kier molecular flexibility index (Phi) is 5.71. The Labute approximate surface area is 95.1 Å². The number of rotatable bonds is 4. The van der Waals surface area contributed by atoms with Gasteiger partial charge in [-0.15, -0.1) is 0 Å². The molecule has 0 rings (SSSR count). The highest BCUT2D eigenvalue weighted by Crippen LogP contribution is 2.06. The Morgan fingerprint density at radius 2 is 1.69 bits per heavy atom. The van der Waals surface area contributed by atoms with Crippen molar-refractivity contribution in [3.63, 3.8) is 0 Å². The number of hydrogen-bond donors (Lipinski definition) is 0. The van der Waals surface area contributed by atoms with Crippen LogP contribution in [0.3, 0.4) is 0 Å². The van der Waals surface area contributed by atoms with Crippen molar-refractivity contribution in [1.82, 2.24) is 4.90 Å². The van der Waals surface area contributed by atoms with Crippen molar-refractivity contribution in [3.8, 4) is 0 Å². The fourth-order valence-corrected chi connectivity index (χ4v) is 1.38. The summed E-state index contributed by atoms with van der Waals surface area (Å²) >= 11 is 0. The van der Waals surface area contributed by atoms with Gasteiger partial charge in [-0.1, -0.05) is 6.58 Å². The molecule has 0 bridgehead atoms. The smallest absolute Gasteiger partial charge is 0.397 e. The summed E-state index contributed by atoms with van der Waals surface area (Å²) in [6, 6.07) is -0.234. The molecule has 0 aromatic carbocycles. The first-order chi connectivity index (χ1) is 7.27. The average molecular weight is 231 g/mol. The molecule has 0 aliphatic heterocycles. The number of carbonyl (C=O) groups is 2. The molecule has 5 heteroatoms. The van der Waals surface area contributed by atoms with Gasteiger partial charge in [0.15, 0.2) is 0 Å². The van der Waals surface area contributed by atoms with Gasteiger partial charge in [-0.05, 0) is 27.7 Å². The van der Waals surface area contributed by atoms with E-state index in [1.165, 1.54) is 4.90 Å². The number of halogens is 1. The number of hydrogen-bond acceptors (Lipinski definition) is 3. The standard InChI is InChI=1S/C11H18FNO3/c1-7(2)13(8(3)4)10(14)11(15)16-6-9(5)12/h7-8H,5-6H2,1-4H3. The SMILES string of the molecule is C=C(F)COC(=O)C(=O)N(C(C)C)C(C)C. The molecule has 0 fully saturated rings. The molecular weight excluding hydrogens is 213 g/mol. The molecule has 0 aromatic heterocycles. The van der Waals surface area contributed by atoms with Crippen LogP contribution < -0.4 is 0 Å². The number of nitrogens with zero attached hydrogens (tertiary/aromatic N) is 1. The lowest BCUT2D eigenvalue weighted by Crippen LogP contribution is -2.46. The summed E-state index contributed by atoms with van der Waals surface area (Å²) in [6.07, 6.45) is 0. The Bertz CT molecular complexity index is 279. The van der Waals surface area contributed by atoms with Crippen LogP contribution in [0.15, 0.2) is 12.4 Å². The first-order valence-electron chi connectivity index (χ1n) is 5.10. The molecule has 0 aliphatic carbocycles. The lowest BCUT2D eigenvalue weighted by atomic mass is 10.2. The zero-order valence-corrected chi connectivity index (χ0v) is 10.1. The van der Waals surface area contributed by atoms with Crippen molar-refractivity contribution in [1.29, 1.82) is 0 Å². The minimum atomic E-state index is -1.05. The van der Waals surface area contributed by atoms with E-state index < -0.39 is 24.3 Å². The minimum absolute atomic E-state index is 0.117. The maximum Gasteiger partial charge on any atom is 0.397 e. The second-order valence-electron chi connectivity index (χ2n) is 3.99. The van der Waals surface area contributed by atoms with Crippen LogP contribution in [0.5, 0.6) is 0 Å². The maximum atomic E-state index is 12.2. The molecule has 0 radical (unpaired) electrons. The van der Waals surface area contributed by atoms with E-state index in [2.05, 4.69) is 11.3 Å². The van der Waals surface area contributed by atoms with Gasteiger partial charge < -0.3 is 9.64 Å². The van der Waals surface area contributed by atoms with Crippen LogP contribution in [0.2, 0.25) is 0 Å². The number of ether oxygens (including phenoxy) is 1. The lowest BCUT2D eigenvalue weighted by molar-refractivity contribution is -0.161. The van der Waals surface area contributed by atoms with Gasteiger partial charge in [0.2, 0.25) is 0 Å². The summed E-state index contributed by atoms with van der Waals surface area (Å²) in [4.78, 5) is 24.3. The molecule has 4 nitrogen and oxygen atoms in total. The van der Waals surface area contributed by atoms with E-state index in [0.29, 0.717) is 0 Å². The maximum absolute atomic E-state index is 12.2. The van der Waals surface area contributed by atoms with E-state index >= 15 is 0 Å². The van der Waals surface area contributed by atoms with Gasteiger partial charge in [0.05, 0.1) is 0 Å². The normalized spacial score (nSPS) is 10.4. The fourth-order valence-electron chi connectivity index (χ4n) is 1.38. The van der Waals surface area contributed by atoms with Gasteiger partial charge in [0.1, 0.15) is 12.4 Å². The molecule has 0 aromatic rings. The van der Waals surface area contributed by atoms with Crippen LogP contribution >= 0.6 is 0 Å². The topological polar surface area (TPSA) is 46.6 Å². The molecule has 0 saturated heterocycles. The molecule has 1 amide bonds. The number of esters is 1. The zero-order chi connectivity index (χ0) is 12.9. The summed E-state index contributed by atoms with van der Waals surface area (Å²) in [5.74, 6) is -2.60. The van der Waals surface area contributed by atoms with Crippen LogP contribution in [0.25, 0.3) is 0 Å². The Morgan fingerprint density at radius 3 is 2.00 bits per heavy atom. The Balaban J connectivity index is 4.50. The quantitative estimate of drug-likeness (QED) is 0.546. The van der Waals surface area contributed by atoms with Crippen LogP contribution in [0.1, 0.15) is 27.7 Å². The molecule has 0 saturated carbocycles. The van der Waals surface area contributed by atoms with Gasteiger partial charge >= 0.3 is 11.9 Å². The molecule has 0 unspecified atom stereocenters. The van der Waals surface area contributed by atoms with Crippen molar-refractivity contribution in [2.45, 2.75) is 39.8 Å². The summed E-state index contributed by atoms with van der Waals surface area (Å²) in [5, 5.41) is 0. The van der Waals surface area contributed by atoms with Crippen molar-refractivity contribution < 1.29 is 18.7 Å². The largest absolute Gasteiger partial charge is 0.451 e. The van der Waals surface area contributed by atoms with Gasteiger partial charge in [-0.3, -0.25) is 4.79 Å². The van der Waals surface area contributed by atoms with Gasteiger partial charge in [-0.2, -0.15) is 0 Å². The summed E-state index contributed by atoms with van der Waals surface area (Å²) < 4.78 is 16.7. The van der Waals surface area contributed by atoms with E-state index in [0.717, 1.165) is 0 Å². The van der Waals surface area contributed by atoms with Gasteiger partial charge in [-0.25, -0.2) is 9.18 Å². The van der Waals surface area contributed by atoms with Gasteiger partial charge in [0, 0.05) is 12.1 Å². The van der Waals surface area contributed by atoms with Gasteiger partial charge in [0.25, 0.3) is 0 Å². The Morgan fingerprint density at radius 1 is 1.25 bits per heavy atom. The highest BCUT2D eigenvalue weighted by molar-refractivity contribution is 6.32. The van der Waals surface area contributed by atoms with E-state index in [4.69, 9.17) is 0 Å². The van der Waals surface area contributed by atoms with Crippen molar-refractivity contribution in [3.05, 3.63) is 12.4 Å². The third-order valence-corrected chi connectivity index (χ3v) is 1.88. The molecule has 0 spiro atoms. The molecule has 0 atom stereocenters. The summed E-state index contributed by atoms with van der Waals surface area (Å²) in [7, 11) is 0. The van der Waals surface area contributed by atoms with E-state index in [9.17, 15) is 14.0 Å². The predicted molar refractivity (Wildman–Crippen MR) is 58.3 cm³/mol. The van der Waals surface area contributed by atoms with Crippen molar-refractivity contribution >= 4 is 11.9 Å². The van der Waals surface area contributed by atoms with Crippen LogP contribution in [-0.2, 0) is 14.3 Å². The van der Waals surface area contributed by atoms with Crippen molar-refractivity contribution in [2.75, 3.05) is 6.61 Å². The van der Waals surface area contributed by atoms with E-state index in [1.807, 2.05) is 0 Å². The van der Waals surface area contributed by atoms with E-state index in [-0.39, 0.29) is 12.1 Å². The van der Waals surface area contributed by atoms with E-state index in [1.54, 1.807) is 27.7 Å². The molecule has 0 N–H and O–H groups in total. The third-order valence-electron chi connectivity index (χ3n) is 1.88. The molecule has 0 aliphatic rings. The predicted octanol–water partition coefficient (Wildman–Crippen LogP) is 1.66. The molecular formula is C11H18FNO3. The zero-order valence-electron chi connectivity index (χ0n) is 10.1.